The van der Waals surface area contributed by atoms with E-state index in [4.69, 9.17) is 9.47 Å². The summed E-state index contributed by atoms with van der Waals surface area (Å²) in [6, 6.07) is 29.1. The Kier molecular flexibility index (Phi) is 7.86. The van der Waals surface area contributed by atoms with E-state index < -0.39 is 9.84 Å². The lowest BCUT2D eigenvalue weighted by Gasteiger charge is -2.16. The molecule has 4 aromatic rings. The van der Waals surface area contributed by atoms with Crippen LogP contribution in [0.4, 0.5) is 0 Å². The van der Waals surface area contributed by atoms with Crippen molar-refractivity contribution in [2.24, 2.45) is 0 Å². The fraction of sp³-hybridized carbons (Fsp3) is 0.167. The van der Waals surface area contributed by atoms with Crippen molar-refractivity contribution in [3.05, 3.63) is 119 Å². The Morgan fingerprint density at radius 2 is 1.44 bits per heavy atom. The van der Waals surface area contributed by atoms with E-state index in [0.29, 0.717) is 28.4 Å². The zero-order chi connectivity index (χ0) is 25.5. The van der Waals surface area contributed by atoms with Crippen molar-refractivity contribution in [3.8, 4) is 16.9 Å². The monoisotopic (exact) mass is 500 g/mol. The van der Waals surface area contributed by atoms with E-state index in [1.165, 1.54) is 7.11 Å². The maximum atomic E-state index is 13.0. The number of benzene rings is 4. The van der Waals surface area contributed by atoms with E-state index in [9.17, 15) is 13.2 Å². The third-order valence-electron chi connectivity index (χ3n) is 5.96. The fourth-order valence-electron chi connectivity index (χ4n) is 4.04. The predicted molar refractivity (Wildman–Crippen MR) is 141 cm³/mol. The van der Waals surface area contributed by atoms with Crippen LogP contribution in [0.5, 0.6) is 5.75 Å². The third kappa shape index (κ3) is 5.83. The molecular weight excluding hydrogens is 472 g/mol. The van der Waals surface area contributed by atoms with E-state index in [1.54, 1.807) is 48.5 Å². The van der Waals surface area contributed by atoms with E-state index in [2.05, 4.69) is 13.0 Å². The second-order valence-corrected chi connectivity index (χ2v) is 10.4. The summed E-state index contributed by atoms with van der Waals surface area (Å²) in [5, 5.41) is 0. The molecule has 6 heteroatoms. The lowest BCUT2D eigenvalue weighted by molar-refractivity contribution is 0.0600. The second-order valence-electron chi connectivity index (χ2n) is 8.39. The number of carbonyl (C=O) groups excluding carboxylic acids is 1. The summed E-state index contributed by atoms with van der Waals surface area (Å²) in [6.07, 6.45) is 0.831. The highest BCUT2D eigenvalue weighted by atomic mass is 32.2. The molecule has 0 atom stereocenters. The number of esters is 1. The number of rotatable bonds is 9. The van der Waals surface area contributed by atoms with Crippen molar-refractivity contribution >= 4 is 15.8 Å². The van der Waals surface area contributed by atoms with Gasteiger partial charge in [-0.25, -0.2) is 13.2 Å². The molecule has 0 aromatic heterocycles. The fourth-order valence-corrected chi connectivity index (χ4v) is 5.40. The molecule has 5 nitrogen and oxygen atoms in total. The van der Waals surface area contributed by atoms with Gasteiger partial charge in [0.1, 0.15) is 12.4 Å². The number of hydrogen-bond donors (Lipinski definition) is 0. The first kappa shape index (κ1) is 25.2. The smallest absolute Gasteiger partial charge is 0.337 e. The minimum atomic E-state index is -3.49. The first-order valence-corrected chi connectivity index (χ1v) is 13.4. The Bertz CT molecular complexity index is 1440. The molecule has 0 saturated heterocycles. The van der Waals surface area contributed by atoms with Gasteiger partial charge < -0.3 is 9.47 Å². The van der Waals surface area contributed by atoms with E-state index in [-0.39, 0.29) is 11.7 Å². The summed E-state index contributed by atoms with van der Waals surface area (Å²) in [6.45, 7) is 2.39. The van der Waals surface area contributed by atoms with Crippen molar-refractivity contribution in [1.82, 2.24) is 0 Å². The van der Waals surface area contributed by atoms with Crippen molar-refractivity contribution in [2.45, 2.75) is 30.6 Å². The Hall–Kier alpha value is -3.90. The van der Waals surface area contributed by atoms with Crippen LogP contribution in [0.1, 0.15) is 34.0 Å². The highest BCUT2D eigenvalue weighted by molar-refractivity contribution is 7.90. The summed E-state index contributed by atoms with van der Waals surface area (Å²) in [5.41, 5.74) is 5.06. The Balaban J connectivity index is 1.65. The largest absolute Gasteiger partial charge is 0.488 e. The lowest BCUT2D eigenvalue weighted by atomic mass is 9.96. The Labute approximate surface area is 212 Å². The molecule has 4 rings (SSSR count). The number of methoxy groups -OCH3 is 1. The minimum Gasteiger partial charge on any atom is -0.488 e. The van der Waals surface area contributed by atoms with Gasteiger partial charge >= 0.3 is 5.97 Å². The highest BCUT2D eigenvalue weighted by Gasteiger charge is 2.18. The van der Waals surface area contributed by atoms with Crippen LogP contribution < -0.4 is 4.74 Å². The molecule has 4 aromatic carbocycles. The van der Waals surface area contributed by atoms with Gasteiger partial charge in [0.15, 0.2) is 9.84 Å². The Morgan fingerprint density at radius 3 is 2.14 bits per heavy atom. The van der Waals surface area contributed by atoms with Gasteiger partial charge in [-0.1, -0.05) is 67.6 Å². The van der Waals surface area contributed by atoms with Crippen molar-refractivity contribution < 1.29 is 22.7 Å². The van der Waals surface area contributed by atoms with Crippen LogP contribution in [0.15, 0.2) is 102 Å². The maximum absolute atomic E-state index is 13.0. The summed E-state index contributed by atoms with van der Waals surface area (Å²) in [5.74, 6) is 0.170. The van der Waals surface area contributed by atoms with Crippen molar-refractivity contribution in [2.75, 3.05) is 7.11 Å². The molecule has 0 bridgehead atoms. The topological polar surface area (TPSA) is 69.7 Å². The average Bonchev–Trinajstić information content (AvgIpc) is 2.92. The second kappa shape index (κ2) is 11.2. The van der Waals surface area contributed by atoms with Crippen LogP contribution in [0.3, 0.4) is 0 Å². The number of aryl methyl sites for hydroxylation is 1. The van der Waals surface area contributed by atoms with Crippen molar-refractivity contribution in [3.63, 3.8) is 0 Å². The molecule has 36 heavy (non-hydrogen) atoms. The molecule has 0 radical (unpaired) electrons. The summed E-state index contributed by atoms with van der Waals surface area (Å²) in [4.78, 5) is 12.0. The van der Waals surface area contributed by atoms with Gasteiger partial charge in [-0.05, 0) is 65.1 Å². The standard InChI is InChI=1S/C30H28O5S/c1-3-24-9-7-8-12-27(24)28-19-23(21-36(32,33)26-10-5-4-6-11-26)15-18-29(28)35-20-22-13-16-25(17-14-22)30(31)34-2/h4-19H,3,20-21H2,1-2H3. The van der Waals surface area contributed by atoms with Crippen molar-refractivity contribution in [1.29, 1.82) is 0 Å². The van der Waals surface area contributed by atoms with Crippen LogP contribution in [0.2, 0.25) is 0 Å². The number of hydrogen-bond acceptors (Lipinski definition) is 5. The molecule has 0 heterocycles. The molecule has 0 aliphatic rings. The number of sulfone groups is 1. The SMILES string of the molecule is CCc1ccccc1-c1cc(CS(=O)(=O)c2ccccc2)ccc1OCc1ccc(C(=O)OC)cc1. The number of carbonyl (C=O) groups is 1. The first-order valence-electron chi connectivity index (χ1n) is 11.7. The molecular formula is C30H28O5S. The van der Waals surface area contributed by atoms with Crippen LogP contribution in [0.25, 0.3) is 11.1 Å². The zero-order valence-corrected chi connectivity index (χ0v) is 21.1. The van der Waals surface area contributed by atoms with Gasteiger partial charge in [-0.3, -0.25) is 0 Å². The first-order chi connectivity index (χ1) is 17.4. The molecule has 0 aliphatic heterocycles. The van der Waals surface area contributed by atoms with Gasteiger partial charge in [0, 0.05) is 5.56 Å². The molecule has 0 unspecified atom stereocenters. The minimum absolute atomic E-state index is 0.104. The van der Waals surface area contributed by atoms with Gasteiger partial charge in [0.2, 0.25) is 0 Å². The molecule has 0 amide bonds. The van der Waals surface area contributed by atoms with Gasteiger partial charge in [0.25, 0.3) is 0 Å². The highest BCUT2D eigenvalue weighted by Crippen LogP contribution is 2.35. The zero-order valence-electron chi connectivity index (χ0n) is 20.3. The maximum Gasteiger partial charge on any atom is 0.337 e. The van der Waals surface area contributed by atoms with Gasteiger partial charge in [-0.15, -0.1) is 0 Å². The average molecular weight is 501 g/mol. The number of ether oxygens (including phenoxy) is 2. The predicted octanol–water partition coefficient (Wildman–Crippen LogP) is 6.26. The van der Waals surface area contributed by atoms with Crippen LogP contribution in [0, 0.1) is 0 Å². The molecule has 0 N–H and O–H groups in total. The molecule has 184 valence electrons. The van der Waals surface area contributed by atoms with E-state index >= 15 is 0 Å². The third-order valence-corrected chi connectivity index (χ3v) is 7.66. The van der Waals surface area contributed by atoms with E-state index in [1.807, 2.05) is 42.5 Å². The van der Waals surface area contributed by atoms with Crippen LogP contribution in [-0.2, 0) is 33.4 Å². The quantitative estimate of drug-likeness (QED) is 0.254. The van der Waals surface area contributed by atoms with Crippen LogP contribution >= 0.6 is 0 Å². The molecule has 0 fully saturated rings. The molecule has 0 aliphatic carbocycles. The molecule has 0 spiro atoms. The Morgan fingerprint density at radius 1 is 0.778 bits per heavy atom. The van der Waals surface area contributed by atoms with Crippen LogP contribution in [-0.4, -0.2) is 21.5 Å². The van der Waals surface area contributed by atoms with Gasteiger partial charge in [0.05, 0.1) is 23.3 Å². The van der Waals surface area contributed by atoms with E-state index in [0.717, 1.165) is 28.7 Å². The summed E-state index contributed by atoms with van der Waals surface area (Å²) < 4.78 is 37.0. The lowest BCUT2D eigenvalue weighted by Crippen LogP contribution is -2.06. The molecule has 0 saturated carbocycles. The van der Waals surface area contributed by atoms with Gasteiger partial charge in [-0.2, -0.15) is 0 Å². The normalized spacial score (nSPS) is 11.2. The summed E-state index contributed by atoms with van der Waals surface area (Å²) in [7, 11) is -2.14. The summed E-state index contributed by atoms with van der Waals surface area (Å²) >= 11 is 0.